The number of halogens is 2. The number of ether oxygens (including phenoxy) is 1. The molecule has 0 saturated carbocycles. The van der Waals surface area contributed by atoms with Crippen LogP contribution in [0.1, 0.15) is 26.1 Å². The summed E-state index contributed by atoms with van der Waals surface area (Å²) in [5.41, 5.74) is 5.80. The summed E-state index contributed by atoms with van der Waals surface area (Å²) >= 11 is 5.74. The minimum Gasteiger partial charge on any atom is -0.379 e. The maximum atomic E-state index is 13.1. The Morgan fingerprint density at radius 1 is 1.48 bits per heavy atom. The minimum atomic E-state index is -0.860. The molecular formula is C14H17ClFN3O2. The fourth-order valence-corrected chi connectivity index (χ4v) is 1.88. The lowest BCUT2D eigenvalue weighted by Crippen LogP contribution is -2.39. The third kappa shape index (κ3) is 3.78. The Balaban J connectivity index is 2.18. The van der Waals surface area contributed by atoms with Gasteiger partial charge in [0.2, 0.25) is 0 Å². The van der Waals surface area contributed by atoms with Crippen molar-refractivity contribution in [1.29, 1.82) is 0 Å². The van der Waals surface area contributed by atoms with Crippen LogP contribution >= 0.6 is 11.6 Å². The van der Waals surface area contributed by atoms with Gasteiger partial charge >= 0.3 is 0 Å². The van der Waals surface area contributed by atoms with E-state index in [1.807, 2.05) is 6.92 Å². The van der Waals surface area contributed by atoms with Crippen molar-refractivity contribution < 1.29 is 13.7 Å². The van der Waals surface area contributed by atoms with Crippen LogP contribution in [-0.2, 0) is 10.3 Å². The first-order chi connectivity index (χ1) is 9.94. The molecule has 0 aliphatic heterocycles. The summed E-state index contributed by atoms with van der Waals surface area (Å²) < 4.78 is 23.7. The summed E-state index contributed by atoms with van der Waals surface area (Å²) in [5, 5.41) is 3.86. The quantitative estimate of drug-likeness (QED) is 0.829. The van der Waals surface area contributed by atoms with E-state index >= 15 is 0 Å². The molecule has 114 valence electrons. The van der Waals surface area contributed by atoms with E-state index in [0.29, 0.717) is 18.0 Å². The fourth-order valence-electron chi connectivity index (χ4n) is 1.69. The Bertz CT molecular complexity index is 616. The predicted molar refractivity (Wildman–Crippen MR) is 77.4 cm³/mol. The van der Waals surface area contributed by atoms with Crippen LogP contribution in [0.3, 0.4) is 0 Å². The van der Waals surface area contributed by atoms with E-state index in [-0.39, 0.29) is 17.5 Å². The summed E-state index contributed by atoms with van der Waals surface area (Å²) in [6, 6.07) is 4.18. The van der Waals surface area contributed by atoms with Crippen LogP contribution in [-0.4, -0.2) is 23.4 Å². The van der Waals surface area contributed by atoms with E-state index in [9.17, 15) is 4.39 Å². The van der Waals surface area contributed by atoms with Gasteiger partial charge in [-0.15, -0.1) is 0 Å². The molecule has 0 aliphatic rings. The number of hydrogen-bond donors (Lipinski definition) is 1. The smallest absolute Gasteiger partial charge is 0.258 e. The number of nitrogens with two attached hydrogens (primary N) is 1. The normalized spacial score (nSPS) is 14.1. The lowest BCUT2D eigenvalue weighted by Gasteiger charge is -2.19. The van der Waals surface area contributed by atoms with E-state index in [2.05, 4.69) is 10.1 Å². The second kappa shape index (κ2) is 6.51. The first-order valence-electron chi connectivity index (χ1n) is 6.60. The molecule has 7 heteroatoms. The van der Waals surface area contributed by atoms with Crippen molar-refractivity contribution in [1.82, 2.24) is 10.1 Å². The van der Waals surface area contributed by atoms with Gasteiger partial charge in [0.15, 0.2) is 5.82 Å². The molecule has 2 N–H and O–H groups in total. The van der Waals surface area contributed by atoms with Gasteiger partial charge < -0.3 is 15.0 Å². The minimum absolute atomic E-state index is 0.00552. The lowest BCUT2D eigenvalue weighted by molar-refractivity contribution is 0.0867. The average molecular weight is 314 g/mol. The molecule has 1 aromatic carbocycles. The van der Waals surface area contributed by atoms with Crippen LogP contribution in [0.25, 0.3) is 11.5 Å². The number of nitrogens with zero attached hydrogens (tertiary/aromatic N) is 2. The Morgan fingerprint density at radius 2 is 2.24 bits per heavy atom. The van der Waals surface area contributed by atoms with Crippen molar-refractivity contribution in [2.45, 2.75) is 25.8 Å². The number of hydrogen-bond acceptors (Lipinski definition) is 5. The van der Waals surface area contributed by atoms with E-state index in [1.54, 1.807) is 6.92 Å². The van der Waals surface area contributed by atoms with E-state index in [4.69, 9.17) is 26.6 Å². The standard InChI is InChI=1S/C14H17ClFN3O2/c1-3-6-20-8-14(2,17)13-18-12(21-19-13)9-4-5-11(16)10(15)7-9/h4-5,7H,3,6,8,17H2,1-2H3. The fraction of sp³-hybridized carbons (Fsp3) is 0.429. The molecular weight excluding hydrogens is 297 g/mol. The highest BCUT2D eigenvalue weighted by atomic mass is 35.5. The molecule has 21 heavy (non-hydrogen) atoms. The van der Waals surface area contributed by atoms with Crippen molar-refractivity contribution in [3.05, 3.63) is 34.9 Å². The van der Waals surface area contributed by atoms with Gasteiger partial charge in [-0.25, -0.2) is 4.39 Å². The lowest BCUT2D eigenvalue weighted by atomic mass is 10.1. The predicted octanol–water partition coefficient (Wildman–Crippen LogP) is 3.13. The highest BCUT2D eigenvalue weighted by Crippen LogP contribution is 2.25. The monoisotopic (exact) mass is 313 g/mol. The number of rotatable bonds is 6. The van der Waals surface area contributed by atoms with Gasteiger partial charge in [-0.2, -0.15) is 4.98 Å². The molecule has 0 saturated heterocycles. The highest BCUT2D eigenvalue weighted by Gasteiger charge is 2.28. The Morgan fingerprint density at radius 3 is 2.90 bits per heavy atom. The molecule has 0 amide bonds. The molecule has 1 atom stereocenters. The summed E-state index contributed by atoms with van der Waals surface area (Å²) in [5.74, 6) is 0.0601. The third-order valence-corrected chi connectivity index (χ3v) is 3.14. The molecule has 1 aromatic heterocycles. The van der Waals surface area contributed by atoms with Gasteiger partial charge in [0, 0.05) is 12.2 Å². The zero-order chi connectivity index (χ0) is 15.5. The topological polar surface area (TPSA) is 74.2 Å². The Labute approximate surface area is 127 Å². The van der Waals surface area contributed by atoms with Gasteiger partial charge in [0.05, 0.1) is 11.6 Å². The van der Waals surface area contributed by atoms with Crippen LogP contribution in [0.15, 0.2) is 22.7 Å². The largest absolute Gasteiger partial charge is 0.379 e. The Hall–Kier alpha value is -1.50. The van der Waals surface area contributed by atoms with Crippen molar-refractivity contribution in [3.63, 3.8) is 0 Å². The zero-order valence-electron chi connectivity index (χ0n) is 11.9. The summed E-state index contributed by atoms with van der Waals surface area (Å²) in [7, 11) is 0. The molecule has 2 aromatic rings. The first-order valence-corrected chi connectivity index (χ1v) is 6.98. The molecule has 0 bridgehead atoms. The van der Waals surface area contributed by atoms with Gasteiger partial charge in [0.1, 0.15) is 11.4 Å². The molecule has 1 unspecified atom stereocenters. The molecule has 0 fully saturated rings. The SMILES string of the molecule is CCCOCC(C)(N)c1noc(-c2ccc(F)c(Cl)c2)n1. The van der Waals surface area contributed by atoms with Crippen LogP contribution in [0.5, 0.6) is 0 Å². The molecule has 5 nitrogen and oxygen atoms in total. The maximum Gasteiger partial charge on any atom is 0.258 e. The molecule has 0 aliphatic carbocycles. The van der Waals surface area contributed by atoms with Crippen LogP contribution in [0.4, 0.5) is 4.39 Å². The van der Waals surface area contributed by atoms with Gasteiger partial charge in [-0.3, -0.25) is 0 Å². The van der Waals surface area contributed by atoms with Crippen LogP contribution in [0.2, 0.25) is 5.02 Å². The number of benzene rings is 1. The highest BCUT2D eigenvalue weighted by molar-refractivity contribution is 6.31. The molecule has 0 radical (unpaired) electrons. The zero-order valence-corrected chi connectivity index (χ0v) is 12.7. The average Bonchev–Trinajstić information content (AvgIpc) is 2.92. The van der Waals surface area contributed by atoms with Crippen LogP contribution < -0.4 is 5.73 Å². The van der Waals surface area contributed by atoms with Crippen molar-refractivity contribution in [2.24, 2.45) is 5.73 Å². The van der Waals surface area contributed by atoms with E-state index in [1.165, 1.54) is 18.2 Å². The van der Waals surface area contributed by atoms with Crippen molar-refractivity contribution in [2.75, 3.05) is 13.2 Å². The summed E-state index contributed by atoms with van der Waals surface area (Å²) in [4.78, 5) is 4.24. The van der Waals surface area contributed by atoms with Crippen LogP contribution in [0, 0.1) is 5.82 Å². The van der Waals surface area contributed by atoms with Crippen molar-refractivity contribution in [3.8, 4) is 11.5 Å². The number of aromatic nitrogens is 2. The van der Waals surface area contributed by atoms with Gasteiger partial charge in [-0.05, 0) is 31.5 Å². The maximum absolute atomic E-state index is 13.1. The van der Waals surface area contributed by atoms with Gasteiger partial charge in [0.25, 0.3) is 5.89 Å². The van der Waals surface area contributed by atoms with E-state index in [0.717, 1.165) is 6.42 Å². The van der Waals surface area contributed by atoms with E-state index < -0.39 is 11.4 Å². The summed E-state index contributed by atoms with van der Waals surface area (Å²) in [6.45, 7) is 4.67. The second-order valence-corrected chi connectivity index (χ2v) is 5.43. The van der Waals surface area contributed by atoms with Crippen molar-refractivity contribution >= 4 is 11.6 Å². The summed E-state index contributed by atoms with van der Waals surface area (Å²) in [6.07, 6.45) is 0.904. The molecule has 1 heterocycles. The molecule has 2 rings (SSSR count). The van der Waals surface area contributed by atoms with Gasteiger partial charge in [-0.1, -0.05) is 23.7 Å². The Kier molecular flexibility index (Phi) is 4.92. The second-order valence-electron chi connectivity index (χ2n) is 5.02. The molecule has 0 spiro atoms. The third-order valence-electron chi connectivity index (χ3n) is 2.85. The first kappa shape index (κ1) is 15.9.